The highest BCUT2D eigenvalue weighted by molar-refractivity contribution is 6.32. The van der Waals surface area contributed by atoms with E-state index < -0.39 is 0 Å². The third-order valence-corrected chi connectivity index (χ3v) is 2.29. The first kappa shape index (κ1) is 10.3. The van der Waals surface area contributed by atoms with Gasteiger partial charge >= 0.3 is 0 Å². The van der Waals surface area contributed by atoms with Gasteiger partial charge in [-0.25, -0.2) is 4.98 Å². The predicted molar refractivity (Wildman–Crippen MR) is 54.2 cm³/mol. The predicted octanol–water partition coefficient (Wildman–Crippen LogP) is 1.55. The minimum absolute atomic E-state index is 0.0207. The van der Waals surface area contributed by atoms with Crippen LogP contribution in [0.25, 0.3) is 0 Å². The SMILES string of the molecule is CC(CO)N(C)c1ncccc1Cl. The largest absolute Gasteiger partial charge is 0.394 e. The molecule has 0 amide bonds. The number of aliphatic hydroxyl groups is 1. The Morgan fingerprint density at radius 3 is 2.92 bits per heavy atom. The molecule has 1 heterocycles. The summed E-state index contributed by atoms with van der Waals surface area (Å²) in [4.78, 5) is 5.98. The van der Waals surface area contributed by atoms with E-state index in [4.69, 9.17) is 16.7 Å². The van der Waals surface area contributed by atoms with E-state index in [0.717, 1.165) is 0 Å². The number of hydrogen-bond donors (Lipinski definition) is 1. The van der Waals surface area contributed by atoms with E-state index in [1.54, 1.807) is 18.3 Å². The van der Waals surface area contributed by atoms with Crippen LogP contribution in [0.1, 0.15) is 6.92 Å². The van der Waals surface area contributed by atoms with Crippen LogP contribution in [0.15, 0.2) is 18.3 Å². The van der Waals surface area contributed by atoms with Gasteiger partial charge in [0, 0.05) is 13.2 Å². The van der Waals surface area contributed by atoms with Crippen LogP contribution in [0.2, 0.25) is 5.02 Å². The zero-order chi connectivity index (χ0) is 9.84. The van der Waals surface area contributed by atoms with E-state index in [-0.39, 0.29) is 12.6 Å². The highest BCUT2D eigenvalue weighted by atomic mass is 35.5. The number of nitrogens with zero attached hydrogens (tertiary/aromatic N) is 2. The Bertz CT molecular complexity index is 280. The Labute approximate surface area is 83.0 Å². The zero-order valence-corrected chi connectivity index (χ0v) is 8.49. The molecule has 0 aromatic carbocycles. The Balaban J connectivity index is 2.88. The van der Waals surface area contributed by atoms with Gasteiger partial charge in [-0.05, 0) is 19.1 Å². The van der Waals surface area contributed by atoms with Gasteiger partial charge in [-0.1, -0.05) is 11.6 Å². The van der Waals surface area contributed by atoms with Crippen molar-refractivity contribution < 1.29 is 5.11 Å². The number of likely N-dealkylation sites (N-methyl/N-ethyl adjacent to an activating group) is 1. The van der Waals surface area contributed by atoms with Crippen molar-refractivity contribution in [3.8, 4) is 0 Å². The summed E-state index contributed by atoms with van der Waals surface area (Å²) in [6.45, 7) is 1.99. The molecule has 1 aromatic rings. The molecule has 0 bridgehead atoms. The summed E-state index contributed by atoms with van der Waals surface area (Å²) < 4.78 is 0. The van der Waals surface area contributed by atoms with Crippen molar-refractivity contribution in [1.82, 2.24) is 4.98 Å². The van der Waals surface area contributed by atoms with E-state index in [2.05, 4.69) is 4.98 Å². The molecule has 0 fully saturated rings. The number of aliphatic hydroxyl groups excluding tert-OH is 1. The lowest BCUT2D eigenvalue weighted by atomic mass is 10.3. The lowest BCUT2D eigenvalue weighted by molar-refractivity contribution is 0.270. The van der Waals surface area contributed by atoms with Crippen LogP contribution in [0.3, 0.4) is 0 Å². The summed E-state index contributed by atoms with van der Waals surface area (Å²) in [5.74, 6) is 0.700. The first-order valence-electron chi connectivity index (χ1n) is 4.11. The van der Waals surface area contributed by atoms with Crippen molar-refractivity contribution in [2.75, 3.05) is 18.6 Å². The average molecular weight is 201 g/mol. The fraction of sp³-hybridized carbons (Fsp3) is 0.444. The van der Waals surface area contributed by atoms with Gasteiger partial charge in [0.15, 0.2) is 0 Å². The van der Waals surface area contributed by atoms with Gasteiger partial charge in [-0.3, -0.25) is 0 Å². The van der Waals surface area contributed by atoms with E-state index in [0.29, 0.717) is 10.8 Å². The van der Waals surface area contributed by atoms with E-state index in [1.807, 2.05) is 18.9 Å². The lowest BCUT2D eigenvalue weighted by Gasteiger charge is -2.24. The van der Waals surface area contributed by atoms with Gasteiger partial charge in [0.25, 0.3) is 0 Å². The molecule has 0 aliphatic rings. The minimum Gasteiger partial charge on any atom is -0.394 e. The van der Waals surface area contributed by atoms with Gasteiger partial charge in [0.2, 0.25) is 0 Å². The summed E-state index contributed by atoms with van der Waals surface area (Å²) in [5.41, 5.74) is 0. The molecular formula is C9H13ClN2O. The first-order chi connectivity index (χ1) is 6.16. The molecule has 0 saturated heterocycles. The maximum atomic E-state index is 8.94. The summed E-state index contributed by atoms with van der Waals surface area (Å²) >= 11 is 5.93. The molecule has 1 rings (SSSR count). The van der Waals surface area contributed by atoms with E-state index in [1.165, 1.54) is 0 Å². The third kappa shape index (κ3) is 2.32. The molecule has 1 atom stereocenters. The molecule has 72 valence electrons. The third-order valence-electron chi connectivity index (χ3n) is 2.00. The van der Waals surface area contributed by atoms with Gasteiger partial charge < -0.3 is 10.0 Å². The lowest BCUT2D eigenvalue weighted by Crippen LogP contribution is -2.32. The molecule has 1 aromatic heterocycles. The fourth-order valence-corrected chi connectivity index (χ4v) is 1.22. The summed E-state index contributed by atoms with van der Waals surface area (Å²) in [6, 6.07) is 3.58. The second-order valence-corrected chi connectivity index (χ2v) is 3.36. The summed E-state index contributed by atoms with van der Waals surface area (Å²) in [6.07, 6.45) is 1.68. The zero-order valence-electron chi connectivity index (χ0n) is 7.74. The molecule has 1 N–H and O–H groups in total. The number of aromatic nitrogens is 1. The minimum atomic E-state index is 0.0207. The molecule has 1 unspecified atom stereocenters. The highest BCUT2D eigenvalue weighted by Gasteiger charge is 2.12. The second kappa shape index (κ2) is 4.44. The van der Waals surface area contributed by atoms with Crippen molar-refractivity contribution in [2.45, 2.75) is 13.0 Å². The Morgan fingerprint density at radius 1 is 1.69 bits per heavy atom. The Morgan fingerprint density at radius 2 is 2.38 bits per heavy atom. The average Bonchev–Trinajstić information content (AvgIpc) is 2.16. The van der Waals surface area contributed by atoms with E-state index >= 15 is 0 Å². The van der Waals surface area contributed by atoms with Gasteiger partial charge in [0.1, 0.15) is 5.82 Å². The maximum absolute atomic E-state index is 8.94. The van der Waals surface area contributed by atoms with Crippen LogP contribution in [0.4, 0.5) is 5.82 Å². The number of rotatable bonds is 3. The Hall–Kier alpha value is -0.800. The van der Waals surface area contributed by atoms with Crippen molar-refractivity contribution in [3.05, 3.63) is 23.4 Å². The van der Waals surface area contributed by atoms with Crippen LogP contribution < -0.4 is 4.90 Å². The van der Waals surface area contributed by atoms with Gasteiger partial charge in [-0.2, -0.15) is 0 Å². The molecule has 0 saturated carbocycles. The molecule has 3 nitrogen and oxygen atoms in total. The fourth-order valence-electron chi connectivity index (χ4n) is 0.968. The molecule has 0 aliphatic carbocycles. The number of anilines is 1. The Kier molecular flexibility index (Phi) is 3.51. The van der Waals surface area contributed by atoms with Crippen molar-refractivity contribution in [3.63, 3.8) is 0 Å². The van der Waals surface area contributed by atoms with Crippen LogP contribution in [-0.2, 0) is 0 Å². The second-order valence-electron chi connectivity index (χ2n) is 2.95. The summed E-state index contributed by atoms with van der Waals surface area (Å²) in [5, 5.41) is 9.55. The quantitative estimate of drug-likeness (QED) is 0.805. The van der Waals surface area contributed by atoms with Crippen molar-refractivity contribution in [2.24, 2.45) is 0 Å². The topological polar surface area (TPSA) is 36.4 Å². The molecule has 0 radical (unpaired) electrons. The van der Waals surface area contributed by atoms with E-state index in [9.17, 15) is 0 Å². The van der Waals surface area contributed by atoms with Crippen LogP contribution >= 0.6 is 11.6 Å². The van der Waals surface area contributed by atoms with Crippen LogP contribution in [-0.4, -0.2) is 29.8 Å². The maximum Gasteiger partial charge on any atom is 0.147 e. The number of hydrogen-bond acceptors (Lipinski definition) is 3. The summed E-state index contributed by atoms with van der Waals surface area (Å²) in [7, 11) is 1.86. The number of halogens is 1. The first-order valence-corrected chi connectivity index (χ1v) is 4.48. The molecule has 13 heavy (non-hydrogen) atoms. The molecule has 4 heteroatoms. The van der Waals surface area contributed by atoms with Gasteiger partial charge in [0.05, 0.1) is 17.7 Å². The van der Waals surface area contributed by atoms with Crippen LogP contribution in [0.5, 0.6) is 0 Å². The number of pyridine rings is 1. The monoisotopic (exact) mass is 200 g/mol. The standard InChI is InChI=1S/C9H13ClN2O/c1-7(6-13)12(2)9-8(10)4-3-5-11-9/h3-5,7,13H,6H2,1-2H3. The van der Waals surface area contributed by atoms with Crippen LogP contribution in [0, 0.1) is 0 Å². The van der Waals surface area contributed by atoms with Crippen molar-refractivity contribution >= 4 is 17.4 Å². The molecule has 0 spiro atoms. The normalized spacial score (nSPS) is 12.6. The highest BCUT2D eigenvalue weighted by Crippen LogP contribution is 2.22. The molecule has 0 aliphatic heterocycles. The molecular weight excluding hydrogens is 188 g/mol. The smallest absolute Gasteiger partial charge is 0.147 e. The van der Waals surface area contributed by atoms with Crippen molar-refractivity contribution in [1.29, 1.82) is 0 Å². The van der Waals surface area contributed by atoms with Gasteiger partial charge in [-0.15, -0.1) is 0 Å².